The van der Waals surface area contributed by atoms with Gasteiger partial charge in [-0.1, -0.05) is 6.07 Å². The van der Waals surface area contributed by atoms with E-state index in [2.05, 4.69) is 61.7 Å². The van der Waals surface area contributed by atoms with E-state index in [1.54, 1.807) is 0 Å². The van der Waals surface area contributed by atoms with Crippen LogP contribution in [0.5, 0.6) is 0 Å². The number of rotatable bonds is 7. The van der Waals surface area contributed by atoms with Gasteiger partial charge in [0.1, 0.15) is 0 Å². The predicted molar refractivity (Wildman–Crippen MR) is 137 cm³/mol. The first-order valence-electron chi connectivity index (χ1n) is 12.0. The van der Waals surface area contributed by atoms with E-state index in [0.29, 0.717) is 0 Å². The van der Waals surface area contributed by atoms with Crippen LogP contribution >= 0.6 is 12.2 Å². The van der Waals surface area contributed by atoms with E-state index in [9.17, 15) is 0 Å². The maximum Gasteiger partial charge on any atom is 0.170 e. The van der Waals surface area contributed by atoms with Crippen molar-refractivity contribution in [3.63, 3.8) is 0 Å². The number of nitrogens with one attached hydrogen (secondary N) is 1. The molecule has 5 heterocycles. The van der Waals surface area contributed by atoms with Crippen LogP contribution in [0.15, 0.2) is 55.0 Å². The molecule has 0 spiro atoms. The maximum absolute atomic E-state index is 5.88. The van der Waals surface area contributed by atoms with Gasteiger partial charge < -0.3 is 19.5 Å². The third-order valence-electron chi connectivity index (χ3n) is 6.87. The monoisotopic (exact) mass is 476 g/mol. The second-order valence-electron chi connectivity index (χ2n) is 9.00. The highest BCUT2D eigenvalue weighted by Gasteiger charge is 2.41. The van der Waals surface area contributed by atoms with Crippen LogP contribution in [0.3, 0.4) is 0 Å². The molecule has 0 aromatic carbocycles. The van der Waals surface area contributed by atoms with Crippen LogP contribution in [0.4, 0.5) is 0 Å². The molecule has 3 aromatic heterocycles. The number of aryl methyl sites for hydroxylation is 1. The van der Waals surface area contributed by atoms with Crippen molar-refractivity contribution in [2.45, 2.75) is 32.4 Å². The van der Waals surface area contributed by atoms with Crippen LogP contribution in [0.2, 0.25) is 0 Å². The Balaban J connectivity index is 1.46. The fourth-order valence-electron chi connectivity index (χ4n) is 5.24. The van der Waals surface area contributed by atoms with Gasteiger partial charge in [-0.15, -0.1) is 0 Å². The van der Waals surface area contributed by atoms with Gasteiger partial charge in [0.2, 0.25) is 0 Å². The van der Waals surface area contributed by atoms with Gasteiger partial charge in [-0.25, -0.2) is 0 Å². The number of hydrogen-bond donors (Lipinski definition) is 1. The van der Waals surface area contributed by atoms with Crippen LogP contribution in [0.25, 0.3) is 5.69 Å². The summed E-state index contributed by atoms with van der Waals surface area (Å²) in [5, 5.41) is 4.39. The van der Waals surface area contributed by atoms with Crippen LogP contribution in [-0.4, -0.2) is 68.8 Å². The molecule has 0 radical (unpaired) electrons. The molecule has 2 atom stereocenters. The zero-order valence-electron chi connectivity index (χ0n) is 19.9. The van der Waals surface area contributed by atoms with E-state index in [0.717, 1.165) is 62.3 Å². The number of morpholine rings is 1. The van der Waals surface area contributed by atoms with Crippen molar-refractivity contribution in [2.24, 2.45) is 0 Å². The second kappa shape index (κ2) is 10.2. The lowest BCUT2D eigenvalue weighted by Gasteiger charge is -2.30. The first-order valence-corrected chi connectivity index (χ1v) is 12.4. The third-order valence-corrected chi connectivity index (χ3v) is 7.22. The largest absolute Gasteiger partial charge is 0.379 e. The maximum atomic E-state index is 5.88. The lowest BCUT2D eigenvalue weighted by atomic mass is 9.96. The minimum Gasteiger partial charge on any atom is -0.379 e. The summed E-state index contributed by atoms with van der Waals surface area (Å²) in [6, 6.07) is 12.5. The summed E-state index contributed by atoms with van der Waals surface area (Å²) in [5.74, 6) is 0. The van der Waals surface area contributed by atoms with Gasteiger partial charge in [0.15, 0.2) is 5.11 Å². The molecule has 178 valence electrons. The summed E-state index contributed by atoms with van der Waals surface area (Å²) in [4.78, 5) is 13.9. The Hall–Kier alpha value is -2.81. The van der Waals surface area contributed by atoms with Crippen molar-refractivity contribution in [1.29, 1.82) is 0 Å². The highest BCUT2D eigenvalue weighted by Crippen LogP contribution is 2.41. The molecule has 2 aliphatic heterocycles. The number of hydrogen-bond acceptors (Lipinski definition) is 5. The van der Waals surface area contributed by atoms with Crippen LogP contribution < -0.4 is 5.32 Å². The third kappa shape index (κ3) is 4.58. The van der Waals surface area contributed by atoms with E-state index in [1.807, 2.05) is 36.8 Å². The number of nitrogens with zero attached hydrogens (tertiary/aromatic N) is 5. The number of ether oxygens (including phenoxy) is 1. The van der Waals surface area contributed by atoms with Crippen molar-refractivity contribution in [1.82, 2.24) is 29.7 Å². The van der Waals surface area contributed by atoms with Crippen LogP contribution in [-0.2, 0) is 4.74 Å². The molecule has 34 heavy (non-hydrogen) atoms. The molecular weight excluding hydrogens is 444 g/mol. The molecule has 2 saturated heterocycles. The van der Waals surface area contributed by atoms with Crippen molar-refractivity contribution >= 4 is 17.3 Å². The molecule has 2 fully saturated rings. The Morgan fingerprint density at radius 3 is 2.68 bits per heavy atom. The smallest absolute Gasteiger partial charge is 0.170 e. The van der Waals surface area contributed by atoms with Crippen molar-refractivity contribution in [3.8, 4) is 5.69 Å². The number of aromatic nitrogens is 3. The molecule has 0 saturated carbocycles. The van der Waals surface area contributed by atoms with E-state index in [1.165, 1.54) is 17.0 Å². The van der Waals surface area contributed by atoms with Crippen molar-refractivity contribution < 1.29 is 4.74 Å². The van der Waals surface area contributed by atoms with Gasteiger partial charge in [-0.2, -0.15) is 0 Å². The Kier molecular flexibility index (Phi) is 6.89. The topological polar surface area (TPSA) is 58.5 Å². The van der Waals surface area contributed by atoms with Gasteiger partial charge in [-0.05, 0) is 68.4 Å². The number of thiocarbonyl (C=S) groups is 1. The van der Waals surface area contributed by atoms with Crippen LogP contribution in [0, 0.1) is 13.8 Å². The summed E-state index contributed by atoms with van der Waals surface area (Å²) >= 11 is 5.88. The Morgan fingerprint density at radius 2 is 1.94 bits per heavy atom. The van der Waals surface area contributed by atoms with Gasteiger partial charge in [-0.3, -0.25) is 14.9 Å². The SMILES string of the molecule is Cc1cc([C@@H]2[C@H](c3ccccn3)NC(=S)N2CCCN2CCOCC2)c(C)n1-c1cccnc1. The molecule has 0 unspecified atom stereocenters. The summed E-state index contributed by atoms with van der Waals surface area (Å²) in [5.41, 5.74) is 5.76. The minimum atomic E-state index is -0.0000602. The summed E-state index contributed by atoms with van der Waals surface area (Å²) in [6.07, 6.45) is 6.63. The normalized spacial score (nSPS) is 21.1. The Bertz CT molecular complexity index is 1110. The molecule has 0 amide bonds. The standard InChI is InChI=1S/C26H32N6OS/c1-19-17-22(20(2)32(19)21-7-5-9-27-18-21)25-24(23-8-3-4-10-28-23)29-26(34)31(25)12-6-11-30-13-15-33-16-14-30/h3-5,7-10,17-18,24-25H,6,11-16H2,1-2H3,(H,29,34)/t24-,25+/m0/s1. The Labute approximate surface area is 206 Å². The minimum absolute atomic E-state index is 0.0000602. The van der Waals surface area contributed by atoms with Crippen molar-refractivity contribution in [2.75, 3.05) is 39.4 Å². The fraction of sp³-hybridized carbons (Fsp3) is 0.423. The van der Waals surface area contributed by atoms with E-state index in [4.69, 9.17) is 17.0 Å². The molecule has 8 heteroatoms. The van der Waals surface area contributed by atoms with Gasteiger partial charge in [0, 0.05) is 50.0 Å². The quantitative estimate of drug-likeness (QED) is 0.523. The molecule has 2 aliphatic rings. The zero-order valence-corrected chi connectivity index (χ0v) is 20.7. The van der Waals surface area contributed by atoms with E-state index < -0.39 is 0 Å². The highest BCUT2D eigenvalue weighted by molar-refractivity contribution is 7.80. The first-order chi connectivity index (χ1) is 16.6. The number of pyridine rings is 2. The lowest BCUT2D eigenvalue weighted by Crippen LogP contribution is -2.39. The van der Waals surface area contributed by atoms with E-state index >= 15 is 0 Å². The molecule has 0 bridgehead atoms. The molecule has 7 nitrogen and oxygen atoms in total. The predicted octanol–water partition coefficient (Wildman–Crippen LogP) is 3.58. The van der Waals surface area contributed by atoms with E-state index in [-0.39, 0.29) is 12.1 Å². The fourth-order valence-corrected chi connectivity index (χ4v) is 5.58. The summed E-state index contributed by atoms with van der Waals surface area (Å²) < 4.78 is 7.78. The molecule has 0 aliphatic carbocycles. The lowest BCUT2D eigenvalue weighted by molar-refractivity contribution is 0.0365. The van der Waals surface area contributed by atoms with Gasteiger partial charge in [0.05, 0.1) is 42.9 Å². The molecular formula is C26H32N6OS. The molecule has 3 aromatic rings. The highest BCUT2D eigenvalue weighted by atomic mass is 32.1. The van der Waals surface area contributed by atoms with Crippen LogP contribution in [0.1, 0.15) is 41.1 Å². The van der Waals surface area contributed by atoms with Gasteiger partial charge >= 0.3 is 0 Å². The molecule has 1 N–H and O–H groups in total. The van der Waals surface area contributed by atoms with Gasteiger partial charge in [0.25, 0.3) is 0 Å². The van der Waals surface area contributed by atoms with Crippen molar-refractivity contribution in [3.05, 3.63) is 77.6 Å². The molecule has 5 rings (SSSR count). The zero-order chi connectivity index (χ0) is 23.5. The first kappa shape index (κ1) is 23.0. The average molecular weight is 477 g/mol. The summed E-state index contributed by atoms with van der Waals surface area (Å²) in [6.45, 7) is 9.97. The Morgan fingerprint density at radius 1 is 1.09 bits per heavy atom. The summed E-state index contributed by atoms with van der Waals surface area (Å²) in [7, 11) is 0. The average Bonchev–Trinajstić information content (AvgIpc) is 3.35. The second-order valence-corrected chi connectivity index (χ2v) is 9.39.